The average Bonchev–Trinajstić information content (AvgIpc) is 3.76. The van der Waals surface area contributed by atoms with Crippen LogP contribution in [0.1, 0.15) is 101 Å². The molecule has 0 spiro atoms. The van der Waals surface area contributed by atoms with E-state index in [-0.39, 0.29) is 0 Å². The molecule has 0 amide bonds. The van der Waals surface area contributed by atoms with Gasteiger partial charge in [-0.15, -0.1) is 22.7 Å². The summed E-state index contributed by atoms with van der Waals surface area (Å²) in [4.78, 5) is 2.79. The van der Waals surface area contributed by atoms with Gasteiger partial charge in [-0.25, -0.2) is 0 Å². The van der Waals surface area contributed by atoms with Crippen LogP contribution >= 0.6 is 22.7 Å². The van der Waals surface area contributed by atoms with Gasteiger partial charge in [0.05, 0.1) is 0 Å². The summed E-state index contributed by atoms with van der Waals surface area (Å²) in [5.41, 5.74) is 8.79. The fourth-order valence-corrected chi connectivity index (χ4v) is 9.51. The molecule has 0 bridgehead atoms. The van der Waals surface area contributed by atoms with E-state index < -0.39 is 0 Å². The second-order valence-electron chi connectivity index (χ2n) is 14.0. The van der Waals surface area contributed by atoms with Crippen molar-refractivity contribution in [3.63, 3.8) is 0 Å². The summed E-state index contributed by atoms with van der Waals surface area (Å²) in [5.74, 6) is 0. The smallest absolute Gasteiger partial charge is 0.0355 e. The van der Waals surface area contributed by atoms with Gasteiger partial charge in [0.15, 0.2) is 0 Å². The Labute approximate surface area is 295 Å². The number of unbranched alkanes of at least 4 members (excludes halogenated alkanes) is 4. The van der Waals surface area contributed by atoms with Gasteiger partial charge in [0.25, 0.3) is 0 Å². The molecule has 2 aromatic heterocycles. The maximum atomic E-state index is 2.50. The fraction of sp³-hybridized carbons (Fsp3) is 0.348. The Morgan fingerprint density at radius 1 is 0.375 bits per heavy atom. The molecule has 7 rings (SSSR count). The third-order valence-electron chi connectivity index (χ3n) is 10.1. The lowest BCUT2D eigenvalue weighted by molar-refractivity contribution is 0.781. The van der Waals surface area contributed by atoms with Gasteiger partial charge >= 0.3 is 0 Å². The van der Waals surface area contributed by atoms with E-state index in [0.717, 1.165) is 0 Å². The third-order valence-corrected chi connectivity index (χ3v) is 12.4. The van der Waals surface area contributed by atoms with Crippen LogP contribution in [0.25, 0.3) is 62.6 Å². The van der Waals surface area contributed by atoms with Crippen LogP contribution < -0.4 is 0 Å². The monoisotopic (exact) mass is 666 g/mol. The molecule has 0 N–H and O–H groups in total. The maximum absolute atomic E-state index is 2.50. The molecule has 7 aromatic rings. The molecule has 0 aliphatic carbocycles. The SMILES string of the molecule is CCCCc1cc(CCCC)cc(-c2cc3c(ccc4cc5ccc6sc(-c7cc(CCCC)cc(CCCC)c7)cc6c5cc43)s2)c1. The number of hydrogen-bond donors (Lipinski definition) is 0. The molecule has 5 aromatic carbocycles. The molecular formula is C46H50S2. The Morgan fingerprint density at radius 3 is 1.10 bits per heavy atom. The van der Waals surface area contributed by atoms with Crippen LogP contribution in [0.15, 0.2) is 84.9 Å². The molecule has 0 nitrogen and oxygen atoms in total. The zero-order valence-electron chi connectivity index (χ0n) is 29.4. The van der Waals surface area contributed by atoms with Gasteiger partial charge in [-0.1, -0.05) is 102 Å². The highest BCUT2D eigenvalue weighted by Gasteiger charge is 2.14. The molecule has 0 aliphatic heterocycles. The number of benzene rings is 5. The summed E-state index contributed by atoms with van der Waals surface area (Å²) < 4.78 is 2.76. The van der Waals surface area contributed by atoms with Gasteiger partial charge in [-0.3, -0.25) is 0 Å². The molecule has 48 heavy (non-hydrogen) atoms. The normalized spacial score (nSPS) is 11.9. The third kappa shape index (κ3) is 6.98. The van der Waals surface area contributed by atoms with E-state index in [1.807, 2.05) is 22.7 Å². The summed E-state index contributed by atoms with van der Waals surface area (Å²) >= 11 is 3.91. The molecule has 0 atom stereocenters. The van der Waals surface area contributed by atoms with E-state index in [9.17, 15) is 0 Å². The summed E-state index contributed by atoms with van der Waals surface area (Å²) in [5, 5.41) is 8.19. The van der Waals surface area contributed by atoms with Crippen LogP contribution in [-0.4, -0.2) is 0 Å². The molecule has 0 fully saturated rings. The number of fused-ring (bicyclic) bond motifs is 6. The number of thiophene rings is 2. The van der Waals surface area contributed by atoms with Crippen molar-refractivity contribution >= 4 is 64.4 Å². The standard InChI is InChI=1S/C46H50S2/c1-5-9-13-31-21-32(14-10-6-2)24-37(23-31)45-29-41-39-28-40-36(27-35(39)17-19-43(41)47-45)18-20-44-42(40)30-46(48-44)38-25-33(15-11-7-3)22-34(26-38)16-12-8-4/h17-30H,5-16H2,1-4H3. The predicted octanol–water partition coefficient (Wildman–Crippen LogP) is 15.1. The van der Waals surface area contributed by atoms with Crippen molar-refractivity contribution in [3.8, 4) is 20.9 Å². The zero-order chi connectivity index (χ0) is 33.0. The van der Waals surface area contributed by atoms with E-state index in [4.69, 9.17) is 0 Å². The quantitative estimate of drug-likeness (QED) is 0.101. The molecular weight excluding hydrogens is 617 g/mol. The molecule has 0 saturated heterocycles. The Bertz CT molecular complexity index is 1980. The van der Waals surface area contributed by atoms with Gasteiger partial charge < -0.3 is 0 Å². The van der Waals surface area contributed by atoms with Crippen LogP contribution in [0, 0.1) is 0 Å². The Hall–Kier alpha value is -3.46. The van der Waals surface area contributed by atoms with Crippen LogP contribution in [0.4, 0.5) is 0 Å². The van der Waals surface area contributed by atoms with Crippen molar-refractivity contribution in [3.05, 3.63) is 107 Å². The number of hydrogen-bond acceptors (Lipinski definition) is 2. The minimum Gasteiger partial charge on any atom is -0.135 e. The highest BCUT2D eigenvalue weighted by Crippen LogP contribution is 2.42. The van der Waals surface area contributed by atoms with Crippen LogP contribution in [0.2, 0.25) is 0 Å². The van der Waals surface area contributed by atoms with Crippen LogP contribution in [-0.2, 0) is 25.7 Å². The minimum absolute atomic E-state index is 1.17. The summed E-state index contributed by atoms with van der Waals surface area (Å²) in [6, 6.07) is 34.1. The molecule has 2 heteroatoms. The van der Waals surface area contributed by atoms with E-state index in [1.165, 1.54) is 162 Å². The van der Waals surface area contributed by atoms with Crippen LogP contribution in [0.5, 0.6) is 0 Å². The molecule has 0 radical (unpaired) electrons. The number of rotatable bonds is 14. The predicted molar refractivity (Wildman–Crippen MR) is 218 cm³/mol. The van der Waals surface area contributed by atoms with Crippen molar-refractivity contribution in [1.82, 2.24) is 0 Å². The summed E-state index contributed by atoms with van der Waals surface area (Å²) in [6.45, 7) is 9.18. The lowest BCUT2D eigenvalue weighted by atomic mass is 9.96. The number of aryl methyl sites for hydroxylation is 4. The van der Waals surface area contributed by atoms with Gasteiger partial charge in [0, 0.05) is 29.9 Å². The van der Waals surface area contributed by atoms with Gasteiger partial charge in [-0.05, 0) is 143 Å². The first-order valence-corrected chi connectivity index (χ1v) is 20.3. The second-order valence-corrected chi connectivity index (χ2v) is 16.1. The first-order valence-electron chi connectivity index (χ1n) is 18.7. The van der Waals surface area contributed by atoms with Crippen molar-refractivity contribution in [2.45, 2.75) is 105 Å². The molecule has 0 unspecified atom stereocenters. The lowest BCUT2D eigenvalue weighted by Gasteiger charge is -2.09. The lowest BCUT2D eigenvalue weighted by Crippen LogP contribution is -1.92. The second kappa shape index (κ2) is 15.0. The van der Waals surface area contributed by atoms with Gasteiger partial charge in [0.1, 0.15) is 0 Å². The van der Waals surface area contributed by atoms with E-state index >= 15 is 0 Å². The molecule has 0 saturated carbocycles. The van der Waals surface area contributed by atoms with E-state index in [1.54, 1.807) is 0 Å². The minimum atomic E-state index is 1.17. The average molecular weight is 667 g/mol. The van der Waals surface area contributed by atoms with Crippen molar-refractivity contribution in [2.24, 2.45) is 0 Å². The van der Waals surface area contributed by atoms with E-state index in [2.05, 4.69) is 113 Å². The Morgan fingerprint density at radius 2 is 0.750 bits per heavy atom. The first-order chi connectivity index (χ1) is 23.6. The Kier molecular flexibility index (Phi) is 10.3. The van der Waals surface area contributed by atoms with Crippen LogP contribution in [0.3, 0.4) is 0 Å². The topological polar surface area (TPSA) is 0 Å². The largest absolute Gasteiger partial charge is 0.135 e. The molecule has 0 aliphatic rings. The van der Waals surface area contributed by atoms with Crippen molar-refractivity contribution in [1.29, 1.82) is 0 Å². The molecule has 2 heterocycles. The van der Waals surface area contributed by atoms with Gasteiger partial charge in [-0.2, -0.15) is 0 Å². The summed E-state index contributed by atoms with van der Waals surface area (Å²) in [7, 11) is 0. The van der Waals surface area contributed by atoms with Gasteiger partial charge in [0.2, 0.25) is 0 Å². The molecule has 246 valence electrons. The van der Waals surface area contributed by atoms with E-state index in [0.29, 0.717) is 0 Å². The highest BCUT2D eigenvalue weighted by molar-refractivity contribution is 7.22. The Balaban J connectivity index is 1.32. The highest BCUT2D eigenvalue weighted by atomic mass is 32.1. The summed E-state index contributed by atoms with van der Waals surface area (Å²) in [6.07, 6.45) is 14.7. The van der Waals surface area contributed by atoms with Crippen molar-refractivity contribution in [2.75, 3.05) is 0 Å². The van der Waals surface area contributed by atoms with Crippen molar-refractivity contribution < 1.29 is 0 Å². The maximum Gasteiger partial charge on any atom is 0.0355 e. The zero-order valence-corrected chi connectivity index (χ0v) is 31.0. The fourth-order valence-electron chi connectivity index (χ4n) is 7.38. The first kappa shape index (κ1) is 33.1.